The smallest absolute Gasteiger partial charge is 0.253 e. The minimum absolute atomic E-state index is 0. The summed E-state index contributed by atoms with van der Waals surface area (Å²) in [5.41, 5.74) is 7.41. The SMILES string of the molecule is CC1(C)CCN(C(=O)c2cccc(N)c2)CC1.Cl. The molecule has 18 heavy (non-hydrogen) atoms. The standard InChI is InChI=1S/C14H20N2O.ClH/c1-14(2)6-8-16(9-7-14)13(17)11-4-3-5-12(15)10-11;/h3-5,10H,6-9,15H2,1-2H3;1H. The number of piperidine rings is 1. The first-order valence-corrected chi connectivity index (χ1v) is 6.13. The van der Waals surface area contributed by atoms with E-state index in [4.69, 9.17) is 5.73 Å². The van der Waals surface area contributed by atoms with Crippen molar-refractivity contribution in [3.8, 4) is 0 Å². The van der Waals surface area contributed by atoms with Gasteiger partial charge in [0.25, 0.3) is 5.91 Å². The topological polar surface area (TPSA) is 46.3 Å². The zero-order chi connectivity index (χ0) is 12.5. The van der Waals surface area contributed by atoms with Crippen LogP contribution >= 0.6 is 12.4 Å². The Morgan fingerprint density at radius 3 is 2.44 bits per heavy atom. The summed E-state index contributed by atoms with van der Waals surface area (Å²) < 4.78 is 0. The summed E-state index contributed by atoms with van der Waals surface area (Å²) in [6.07, 6.45) is 2.14. The molecule has 1 saturated heterocycles. The Balaban J connectivity index is 0.00000162. The second-order valence-electron chi connectivity index (χ2n) is 5.58. The van der Waals surface area contributed by atoms with Crippen LogP contribution in [0.4, 0.5) is 5.69 Å². The van der Waals surface area contributed by atoms with E-state index in [9.17, 15) is 4.79 Å². The molecule has 0 aromatic heterocycles. The van der Waals surface area contributed by atoms with Gasteiger partial charge in [-0.05, 0) is 36.5 Å². The monoisotopic (exact) mass is 268 g/mol. The van der Waals surface area contributed by atoms with E-state index in [0.717, 1.165) is 25.9 Å². The van der Waals surface area contributed by atoms with Crippen LogP contribution in [0.15, 0.2) is 24.3 Å². The quantitative estimate of drug-likeness (QED) is 0.796. The van der Waals surface area contributed by atoms with Crippen LogP contribution in [0, 0.1) is 5.41 Å². The van der Waals surface area contributed by atoms with Gasteiger partial charge in [0.05, 0.1) is 0 Å². The van der Waals surface area contributed by atoms with Crippen molar-refractivity contribution in [1.82, 2.24) is 4.90 Å². The summed E-state index contributed by atoms with van der Waals surface area (Å²) in [6, 6.07) is 7.22. The number of nitrogens with two attached hydrogens (primary N) is 1. The Labute approximate surface area is 115 Å². The van der Waals surface area contributed by atoms with Crippen LogP contribution in [0.3, 0.4) is 0 Å². The van der Waals surface area contributed by atoms with Gasteiger partial charge in [0, 0.05) is 24.3 Å². The number of carbonyl (C=O) groups excluding carboxylic acids is 1. The van der Waals surface area contributed by atoms with Crippen molar-refractivity contribution in [2.24, 2.45) is 5.41 Å². The zero-order valence-electron chi connectivity index (χ0n) is 11.0. The number of anilines is 1. The van der Waals surface area contributed by atoms with Crippen LogP contribution in [0.25, 0.3) is 0 Å². The normalized spacial score (nSPS) is 18.0. The molecule has 1 aliphatic rings. The predicted octanol–water partition coefficient (Wildman–Crippen LogP) is 2.95. The fourth-order valence-corrected chi connectivity index (χ4v) is 2.17. The molecule has 1 fully saturated rings. The third-order valence-corrected chi connectivity index (χ3v) is 3.54. The first-order valence-electron chi connectivity index (χ1n) is 6.13. The number of hydrogen-bond acceptors (Lipinski definition) is 2. The number of benzene rings is 1. The van der Waals surface area contributed by atoms with Gasteiger partial charge in [0.15, 0.2) is 0 Å². The lowest BCUT2D eigenvalue weighted by Gasteiger charge is -2.37. The molecule has 1 amide bonds. The van der Waals surface area contributed by atoms with Crippen molar-refractivity contribution >= 4 is 24.0 Å². The number of amides is 1. The second-order valence-corrected chi connectivity index (χ2v) is 5.58. The Hall–Kier alpha value is -1.22. The Morgan fingerprint density at radius 1 is 1.28 bits per heavy atom. The molecular weight excluding hydrogens is 248 g/mol. The van der Waals surface area contributed by atoms with Crippen molar-refractivity contribution in [3.05, 3.63) is 29.8 Å². The molecule has 2 N–H and O–H groups in total. The minimum atomic E-state index is 0. The Bertz CT molecular complexity index is 422. The van der Waals surface area contributed by atoms with Crippen LogP contribution in [-0.2, 0) is 0 Å². The molecule has 3 nitrogen and oxygen atoms in total. The number of rotatable bonds is 1. The number of carbonyl (C=O) groups is 1. The zero-order valence-corrected chi connectivity index (χ0v) is 11.8. The molecule has 0 spiro atoms. The van der Waals surface area contributed by atoms with E-state index in [-0.39, 0.29) is 18.3 Å². The van der Waals surface area contributed by atoms with Crippen molar-refractivity contribution in [2.45, 2.75) is 26.7 Å². The average molecular weight is 269 g/mol. The van der Waals surface area contributed by atoms with Crippen molar-refractivity contribution in [1.29, 1.82) is 0 Å². The maximum absolute atomic E-state index is 12.2. The summed E-state index contributed by atoms with van der Waals surface area (Å²) in [6.45, 7) is 6.21. The Kier molecular flexibility index (Phi) is 4.63. The maximum Gasteiger partial charge on any atom is 0.253 e. The van der Waals surface area contributed by atoms with Crippen molar-refractivity contribution in [2.75, 3.05) is 18.8 Å². The molecule has 0 aliphatic carbocycles. The molecule has 0 atom stereocenters. The summed E-state index contributed by atoms with van der Waals surface area (Å²) >= 11 is 0. The van der Waals surface area contributed by atoms with E-state index in [1.807, 2.05) is 17.0 Å². The number of halogens is 1. The van der Waals surface area contributed by atoms with E-state index in [1.54, 1.807) is 12.1 Å². The van der Waals surface area contributed by atoms with Gasteiger partial charge in [-0.15, -0.1) is 12.4 Å². The molecule has 1 heterocycles. The highest BCUT2D eigenvalue weighted by Gasteiger charge is 2.28. The summed E-state index contributed by atoms with van der Waals surface area (Å²) in [4.78, 5) is 14.2. The highest BCUT2D eigenvalue weighted by atomic mass is 35.5. The van der Waals surface area contributed by atoms with Gasteiger partial charge in [-0.1, -0.05) is 19.9 Å². The van der Waals surface area contributed by atoms with Gasteiger partial charge in [0.2, 0.25) is 0 Å². The molecular formula is C14H21ClN2O. The van der Waals surface area contributed by atoms with Gasteiger partial charge in [-0.2, -0.15) is 0 Å². The summed E-state index contributed by atoms with van der Waals surface area (Å²) in [5.74, 6) is 0.104. The first kappa shape index (κ1) is 14.8. The highest BCUT2D eigenvalue weighted by molar-refractivity contribution is 5.95. The van der Waals surface area contributed by atoms with Crippen LogP contribution in [0.2, 0.25) is 0 Å². The van der Waals surface area contributed by atoms with Gasteiger partial charge in [0.1, 0.15) is 0 Å². The molecule has 4 heteroatoms. The third-order valence-electron chi connectivity index (χ3n) is 3.54. The number of hydrogen-bond donors (Lipinski definition) is 1. The molecule has 0 radical (unpaired) electrons. The van der Waals surface area contributed by atoms with Crippen LogP contribution in [0.5, 0.6) is 0 Å². The first-order chi connectivity index (χ1) is 7.98. The maximum atomic E-state index is 12.2. The molecule has 0 unspecified atom stereocenters. The van der Waals surface area contributed by atoms with Crippen molar-refractivity contribution in [3.63, 3.8) is 0 Å². The molecule has 1 aromatic rings. The number of likely N-dealkylation sites (tertiary alicyclic amines) is 1. The van der Waals surface area contributed by atoms with Crippen LogP contribution < -0.4 is 5.73 Å². The molecule has 0 bridgehead atoms. The summed E-state index contributed by atoms with van der Waals surface area (Å²) in [7, 11) is 0. The second kappa shape index (κ2) is 5.61. The average Bonchev–Trinajstić information content (AvgIpc) is 2.28. The molecule has 100 valence electrons. The minimum Gasteiger partial charge on any atom is -0.399 e. The van der Waals surface area contributed by atoms with E-state index in [2.05, 4.69) is 13.8 Å². The van der Waals surface area contributed by atoms with Crippen molar-refractivity contribution < 1.29 is 4.79 Å². The molecule has 1 aliphatic heterocycles. The van der Waals surface area contributed by atoms with E-state index < -0.39 is 0 Å². The fraction of sp³-hybridized carbons (Fsp3) is 0.500. The lowest BCUT2D eigenvalue weighted by molar-refractivity contribution is 0.0630. The fourth-order valence-electron chi connectivity index (χ4n) is 2.17. The van der Waals surface area contributed by atoms with Crippen LogP contribution in [0.1, 0.15) is 37.0 Å². The van der Waals surface area contributed by atoms with Gasteiger partial charge < -0.3 is 10.6 Å². The molecule has 1 aromatic carbocycles. The predicted molar refractivity (Wildman–Crippen MR) is 77.0 cm³/mol. The highest BCUT2D eigenvalue weighted by Crippen LogP contribution is 2.30. The molecule has 2 rings (SSSR count). The molecule has 0 saturated carbocycles. The largest absolute Gasteiger partial charge is 0.399 e. The van der Waals surface area contributed by atoms with Gasteiger partial charge in [-0.3, -0.25) is 4.79 Å². The number of nitrogens with zero attached hydrogens (tertiary/aromatic N) is 1. The van der Waals surface area contributed by atoms with Gasteiger partial charge in [-0.25, -0.2) is 0 Å². The van der Waals surface area contributed by atoms with Gasteiger partial charge >= 0.3 is 0 Å². The van der Waals surface area contributed by atoms with Crippen LogP contribution in [-0.4, -0.2) is 23.9 Å². The third kappa shape index (κ3) is 3.39. The lowest BCUT2D eigenvalue weighted by Crippen LogP contribution is -2.41. The van der Waals surface area contributed by atoms with E-state index >= 15 is 0 Å². The lowest BCUT2D eigenvalue weighted by atomic mass is 9.82. The summed E-state index contributed by atoms with van der Waals surface area (Å²) in [5, 5.41) is 0. The Morgan fingerprint density at radius 2 is 1.89 bits per heavy atom. The van der Waals surface area contributed by atoms with E-state index in [1.165, 1.54) is 0 Å². The van der Waals surface area contributed by atoms with E-state index in [0.29, 0.717) is 16.7 Å². The number of nitrogen functional groups attached to an aromatic ring is 1.